The average Bonchev–Trinajstić information content (AvgIpc) is 2.67. The van der Waals surface area contributed by atoms with E-state index in [-0.39, 0.29) is 5.56 Å². The lowest BCUT2D eigenvalue weighted by Crippen LogP contribution is -2.03. The lowest BCUT2D eigenvalue weighted by Gasteiger charge is -2.11. The van der Waals surface area contributed by atoms with Crippen molar-refractivity contribution in [1.29, 1.82) is 0 Å². The van der Waals surface area contributed by atoms with Crippen LogP contribution in [-0.2, 0) is 6.61 Å². The second-order valence-electron chi connectivity index (χ2n) is 5.52. The summed E-state index contributed by atoms with van der Waals surface area (Å²) >= 11 is 0. The number of carboxylic acids is 1. The molecule has 0 heterocycles. The highest BCUT2D eigenvalue weighted by Gasteiger charge is 2.13. The monoisotopic (exact) mass is 334 g/mol. The van der Waals surface area contributed by atoms with Crippen LogP contribution in [0, 0.1) is 0 Å². The third kappa shape index (κ3) is 3.98. The average molecular weight is 334 g/mol. The normalized spacial score (nSPS) is 10.3. The minimum atomic E-state index is -1.02. The van der Waals surface area contributed by atoms with E-state index < -0.39 is 5.97 Å². The molecule has 0 saturated heterocycles. The maximum Gasteiger partial charge on any atom is 0.339 e. The predicted molar refractivity (Wildman–Crippen MR) is 96.2 cm³/mol. The molecule has 4 nitrogen and oxygen atoms in total. The Kier molecular flexibility index (Phi) is 5.00. The summed E-state index contributed by atoms with van der Waals surface area (Å²) < 4.78 is 10.9. The van der Waals surface area contributed by atoms with Gasteiger partial charge in [-0.2, -0.15) is 0 Å². The molecule has 0 bridgehead atoms. The summed E-state index contributed by atoms with van der Waals surface area (Å²) in [6.07, 6.45) is 0. The first-order chi connectivity index (χ1) is 12.2. The van der Waals surface area contributed by atoms with Gasteiger partial charge in [-0.3, -0.25) is 0 Å². The maximum atomic E-state index is 11.6. The quantitative estimate of drug-likeness (QED) is 0.713. The maximum absolute atomic E-state index is 11.6. The van der Waals surface area contributed by atoms with Gasteiger partial charge >= 0.3 is 5.97 Å². The fourth-order valence-electron chi connectivity index (χ4n) is 2.52. The Bertz CT molecular complexity index is 855. The zero-order valence-electron chi connectivity index (χ0n) is 13.8. The Morgan fingerprint density at radius 2 is 1.60 bits per heavy atom. The van der Waals surface area contributed by atoms with E-state index in [0.29, 0.717) is 12.4 Å². The number of benzene rings is 3. The zero-order valence-corrected chi connectivity index (χ0v) is 13.8. The van der Waals surface area contributed by atoms with E-state index in [0.717, 1.165) is 22.4 Å². The van der Waals surface area contributed by atoms with Gasteiger partial charge in [0.2, 0.25) is 0 Å². The largest absolute Gasteiger partial charge is 0.497 e. The van der Waals surface area contributed by atoms with Crippen molar-refractivity contribution in [1.82, 2.24) is 0 Å². The van der Waals surface area contributed by atoms with Gasteiger partial charge in [0.1, 0.15) is 23.7 Å². The van der Waals surface area contributed by atoms with Crippen LogP contribution in [-0.4, -0.2) is 18.2 Å². The smallest absolute Gasteiger partial charge is 0.339 e. The van der Waals surface area contributed by atoms with Gasteiger partial charge in [0.15, 0.2) is 0 Å². The Labute approximate surface area is 146 Å². The van der Waals surface area contributed by atoms with E-state index in [1.165, 1.54) is 0 Å². The van der Waals surface area contributed by atoms with Crippen molar-refractivity contribution in [3.8, 4) is 22.6 Å². The van der Waals surface area contributed by atoms with Crippen LogP contribution in [0.3, 0.4) is 0 Å². The van der Waals surface area contributed by atoms with E-state index in [1.54, 1.807) is 19.2 Å². The van der Waals surface area contributed by atoms with Gasteiger partial charge in [-0.05, 0) is 41.0 Å². The summed E-state index contributed by atoms with van der Waals surface area (Å²) in [5.41, 5.74) is 2.85. The van der Waals surface area contributed by atoms with Crippen LogP contribution in [0.15, 0.2) is 72.8 Å². The standard InChI is InChI=1S/C21H18O4/c1-24-18-10-7-16(8-11-18)17-9-12-20(19(13-17)21(22)23)25-14-15-5-3-2-4-6-15/h2-13H,14H2,1H3,(H,22,23). The SMILES string of the molecule is COc1ccc(-c2ccc(OCc3ccccc3)c(C(=O)O)c2)cc1. The molecule has 0 spiro atoms. The number of carbonyl (C=O) groups is 1. The van der Waals surface area contributed by atoms with Crippen LogP contribution in [0.25, 0.3) is 11.1 Å². The number of hydrogen-bond donors (Lipinski definition) is 1. The minimum absolute atomic E-state index is 0.143. The third-order valence-corrected chi connectivity index (χ3v) is 3.87. The van der Waals surface area contributed by atoms with Crippen LogP contribution in [0.5, 0.6) is 11.5 Å². The van der Waals surface area contributed by atoms with Crippen molar-refractivity contribution in [2.24, 2.45) is 0 Å². The van der Waals surface area contributed by atoms with Crippen molar-refractivity contribution in [2.75, 3.05) is 7.11 Å². The molecule has 0 unspecified atom stereocenters. The van der Waals surface area contributed by atoms with Gasteiger partial charge in [-0.15, -0.1) is 0 Å². The minimum Gasteiger partial charge on any atom is -0.497 e. The highest BCUT2D eigenvalue weighted by Crippen LogP contribution is 2.28. The van der Waals surface area contributed by atoms with Crippen LogP contribution < -0.4 is 9.47 Å². The molecule has 3 aromatic rings. The van der Waals surface area contributed by atoms with Gasteiger partial charge in [0, 0.05) is 0 Å². The van der Waals surface area contributed by atoms with Crippen molar-refractivity contribution >= 4 is 5.97 Å². The van der Waals surface area contributed by atoms with Crippen molar-refractivity contribution < 1.29 is 19.4 Å². The predicted octanol–water partition coefficient (Wildman–Crippen LogP) is 4.64. The van der Waals surface area contributed by atoms with Crippen molar-refractivity contribution in [2.45, 2.75) is 6.61 Å². The Morgan fingerprint density at radius 3 is 2.24 bits per heavy atom. The number of methoxy groups -OCH3 is 1. The molecule has 0 saturated carbocycles. The molecule has 0 aliphatic carbocycles. The summed E-state index contributed by atoms with van der Waals surface area (Å²) in [6, 6.07) is 22.3. The zero-order chi connectivity index (χ0) is 17.6. The van der Waals surface area contributed by atoms with Crippen LogP contribution in [0.2, 0.25) is 0 Å². The number of rotatable bonds is 6. The molecule has 0 aromatic heterocycles. The number of aromatic carboxylic acids is 1. The Morgan fingerprint density at radius 1 is 0.920 bits per heavy atom. The molecule has 0 fully saturated rings. The molecule has 4 heteroatoms. The Balaban J connectivity index is 1.86. The first kappa shape index (κ1) is 16.6. The fraction of sp³-hybridized carbons (Fsp3) is 0.0952. The summed E-state index contributed by atoms with van der Waals surface area (Å²) in [6.45, 7) is 0.322. The van der Waals surface area contributed by atoms with E-state index >= 15 is 0 Å². The number of hydrogen-bond acceptors (Lipinski definition) is 3. The lowest BCUT2D eigenvalue weighted by molar-refractivity contribution is 0.0692. The van der Waals surface area contributed by atoms with E-state index in [2.05, 4.69) is 0 Å². The summed E-state index contributed by atoms with van der Waals surface area (Å²) in [5.74, 6) is 0.0945. The molecule has 0 aliphatic heterocycles. The van der Waals surface area contributed by atoms with Crippen molar-refractivity contribution in [3.05, 3.63) is 83.9 Å². The molecule has 3 rings (SSSR count). The first-order valence-electron chi connectivity index (χ1n) is 7.86. The van der Waals surface area contributed by atoms with Crippen molar-refractivity contribution in [3.63, 3.8) is 0 Å². The van der Waals surface area contributed by atoms with Gasteiger partial charge in [0.25, 0.3) is 0 Å². The molecule has 0 radical (unpaired) electrons. The molecular formula is C21H18O4. The summed E-state index contributed by atoms with van der Waals surface area (Å²) in [4.78, 5) is 11.6. The van der Waals surface area contributed by atoms with E-state index in [4.69, 9.17) is 9.47 Å². The summed E-state index contributed by atoms with van der Waals surface area (Å²) in [5, 5.41) is 9.52. The van der Waals surface area contributed by atoms with Gasteiger partial charge in [0.05, 0.1) is 7.11 Å². The number of ether oxygens (including phenoxy) is 2. The number of carboxylic acid groups (broad SMARTS) is 1. The molecule has 0 amide bonds. The second kappa shape index (κ2) is 7.53. The molecule has 3 aromatic carbocycles. The highest BCUT2D eigenvalue weighted by atomic mass is 16.5. The fourth-order valence-corrected chi connectivity index (χ4v) is 2.52. The van der Waals surface area contributed by atoms with Gasteiger partial charge in [-0.25, -0.2) is 4.79 Å². The van der Waals surface area contributed by atoms with Crippen LogP contribution >= 0.6 is 0 Å². The van der Waals surface area contributed by atoms with E-state index in [9.17, 15) is 9.90 Å². The molecule has 25 heavy (non-hydrogen) atoms. The van der Waals surface area contributed by atoms with Crippen LogP contribution in [0.4, 0.5) is 0 Å². The molecule has 0 atom stereocenters. The topological polar surface area (TPSA) is 55.8 Å². The second-order valence-corrected chi connectivity index (χ2v) is 5.52. The lowest BCUT2D eigenvalue weighted by atomic mass is 10.0. The Hall–Kier alpha value is -3.27. The summed E-state index contributed by atoms with van der Waals surface area (Å²) in [7, 11) is 1.61. The first-order valence-corrected chi connectivity index (χ1v) is 7.86. The van der Waals surface area contributed by atoms with Crippen LogP contribution in [0.1, 0.15) is 15.9 Å². The highest BCUT2D eigenvalue weighted by molar-refractivity contribution is 5.92. The van der Waals surface area contributed by atoms with Gasteiger partial charge < -0.3 is 14.6 Å². The molecular weight excluding hydrogens is 316 g/mol. The molecule has 126 valence electrons. The van der Waals surface area contributed by atoms with Gasteiger partial charge in [-0.1, -0.05) is 48.5 Å². The molecule has 1 N–H and O–H groups in total. The molecule has 0 aliphatic rings. The van der Waals surface area contributed by atoms with E-state index in [1.807, 2.05) is 60.7 Å². The third-order valence-electron chi connectivity index (χ3n) is 3.87.